The monoisotopic (exact) mass is 332 g/mol. The van der Waals surface area contributed by atoms with Gasteiger partial charge in [0.2, 0.25) is 0 Å². The van der Waals surface area contributed by atoms with E-state index in [1.54, 1.807) is 0 Å². The van der Waals surface area contributed by atoms with Gasteiger partial charge in [-0.1, -0.05) is 69.0 Å². The van der Waals surface area contributed by atoms with Gasteiger partial charge in [0.1, 0.15) is 6.17 Å². The van der Waals surface area contributed by atoms with Gasteiger partial charge in [-0.15, -0.1) is 0 Å². The van der Waals surface area contributed by atoms with Crippen molar-refractivity contribution in [1.29, 1.82) is 0 Å². The van der Waals surface area contributed by atoms with E-state index in [9.17, 15) is 0 Å². The predicted molar refractivity (Wildman–Crippen MR) is 111 cm³/mol. The summed E-state index contributed by atoms with van der Waals surface area (Å²) < 4.78 is 0. The van der Waals surface area contributed by atoms with Crippen molar-refractivity contribution in [2.45, 2.75) is 33.9 Å². The molecule has 1 unspecified atom stereocenters. The Morgan fingerprint density at radius 3 is 2.48 bits per heavy atom. The van der Waals surface area contributed by atoms with E-state index in [1.807, 2.05) is 39.0 Å². The molecule has 1 N–H and O–H groups in total. The largest absolute Gasteiger partial charge is 0.359 e. The SMILES string of the molecule is C=C/C=C(\C=C/C)N1c2ccc(C)cc2NC1c1ccccc1.CC. The molecule has 2 aromatic carbocycles. The Balaban J connectivity index is 0.00000109. The van der Waals surface area contributed by atoms with E-state index in [2.05, 4.69) is 78.3 Å². The highest BCUT2D eigenvalue weighted by Gasteiger charge is 2.31. The second-order valence-electron chi connectivity index (χ2n) is 5.68. The van der Waals surface area contributed by atoms with Crippen LogP contribution >= 0.6 is 0 Å². The van der Waals surface area contributed by atoms with Gasteiger partial charge in [-0.3, -0.25) is 0 Å². The van der Waals surface area contributed by atoms with Crippen LogP contribution < -0.4 is 10.2 Å². The van der Waals surface area contributed by atoms with E-state index in [0.29, 0.717) is 0 Å². The van der Waals surface area contributed by atoms with Crippen LogP contribution in [0.1, 0.15) is 38.1 Å². The number of rotatable bonds is 4. The van der Waals surface area contributed by atoms with Crippen molar-refractivity contribution < 1.29 is 0 Å². The molecule has 0 aromatic heterocycles. The maximum atomic E-state index is 3.86. The van der Waals surface area contributed by atoms with E-state index in [-0.39, 0.29) is 6.17 Å². The predicted octanol–water partition coefficient (Wildman–Crippen LogP) is 6.60. The number of hydrogen-bond acceptors (Lipinski definition) is 2. The standard InChI is InChI=1S/C21H22N2.C2H6/c1-4-9-18(10-5-2)23-20-14-13-16(3)15-19(20)22-21(23)17-11-7-6-8-12-17;1-2/h4-15,21-22H,1H2,2-3H3;1-2H3/b10-5-,18-9+;. The molecular weight excluding hydrogens is 304 g/mol. The second-order valence-corrected chi connectivity index (χ2v) is 5.68. The molecule has 2 nitrogen and oxygen atoms in total. The van der Waals surface area contributed by atoms with Crippen molar-refractivity contribution in [1.82, 2.24) is 0 Å². The molecule has 0 bridgehead atoms. The number of anilines is 2. The molecule has 2 aromatic rings. The average Bonchev–Trinajstić information content (AvgIpc) is 3.02. The Kier molecular flexibility index (Phi) is 6.64. The summed E-state index contributed by atoms with van der Waals surface area (Å²) in [6.45, 7) is 12.0. The van der Waals surface area contributed by atoms with Gasteiger partial charge in [0.25, 0.3) is 0 Å². The van der Waals surface area contributed by atoms with Gasteiger partial charge >= 0.3 is 0 Å². The lowest BCUT2D eigenvalue weighted by Crippen LogP contribution is -2.26. The number of benzene rings is 2. The Labute approximate surface area is 152 Å². The molecule has 3 rings (SSSR count). The zero-order valence-electron chi connectivity index (χ0n) is 15.7. The summed E-state index contributed by atoms with van der Waals surface area (Å²) in [5.41, 5.74) is 5.96. The maximum absolute atomic E-state index is 3.86. The van der Waals surface area contributed by atoms with Crippen LogP contribution in [-0.2, 0) is 0 Å². The summed E-state index contributed by atoms with van der Waals surface area (Å²) in [5, 5.41) is 3.66. The molecule has 0 saturated heterocycles. The van der Waals surface area contributed by atoms with Gasteiger partial charge in [0, 0.05) is 5.70 Å². The Morgan fingerprint density at radius 2 is 1.84 bits per heavy atom. The van der Waals surface area contributed by atoms with Gasteiger partial charge in [-0.2, -0.15) is 0 Å². The minimum Gasteiger partial charge on any atom is -0.359 e. The Morgan fingerprint density at radius 1 is 1.12 bits per heavy atom. The third-order valence-corrected chi connectivity index (χ3v) is 3.98. The van der Waals surface area contributed by atoms with Gasteiger partial charge in [-0.25, -0.2) is 0 Å². The summed E-state index contributed by atoms with van der Waals surface area (Å²) in [5.74, 6) is 0. The highest BCUT2D eigenvalue weighted by Crippen LogP contribution is 2.44. The van der Waals surface area contributed by atoms with Crippen LogP contribution in [0.3, 0.4) is 0 Å². The van der Waals surface area contributed by atoms with Crippen molar-refractivity contribution in [3.63, 3.8) is 0 Å². The normalized spacial score (nSPS) is 16.1. The fourth-order valence-corrected chi connectivity index (χ4v) is 2.99. The van der Waals surface area contributed by atoms with E-state index in [1.165, 1.54) is 22.5 Å². The lowest BCUT2D eigenvalue weighted by Gasteiger charge is -2.28. The average molecular weight is 332 g/mol. The van der Waals surface area contributed by atoms with Crippen LogP contribution in [0, 0.1) is 6.92 Å². The summed E-state index contributed by atoms with van der Waals surface area (Å²) in [6, 6.07) is 17.1. The minimum atomic E-state index is 0.0791. The zero-order chi connectivity index (χ0) is 18.2. The van der Waals surface area contributed by atoms with E-state index < -0.39 is 0 Å². The molecule has 1 aliphatic heterocycles. The molecule has 0 radical (unpaired) electrons. The van der Waals surface area contributed by atoms with Gasteiger partial charge in [0.05, 0.1) is 11.4 Å². The first-order chi connectivity index (χ1) is 12.2. The summed E-state index contributed by atoms with van der Waals surface area (Å²) in [4.78, 5) is 2.33. The van der Waals surface area contributed by atoms with Gasteiger partial charge in [0.15, 0.2) is 0 Å². The summed E-state index contributed by atoms with van der Waals surface area (Å²) in [7, 11) is 0. The second kappa shape index (κ2) is 8.93. The maximum Gasteiger partial charge on any atom is 0.130 e. The van der Waals surface area contributed by atoms with Crippen LogP contribution in [0.5, 0.6) is 0 Å². The van der Waals surface area contributed by atoms with Crippen LogP contribution in [0.15, 0.2) is 85.1 Å². The molecule has 130 valence electrons. The topological polar surface area (TPSA) is 15.3 Å². The van der Waals surface area contributed by atoms with Crippen molar-refractivity contribution in [2.75, 3.05) is 10.2 Å². The molecule has 2 heteroatoms. The Bertz CT molecular complexity index is 757. The molecule has 0 fully saturated rings. The molecule has 25 heavy (non-hydrogen) atoms. The first-order valence-electron chi connectivity index (χ1n) is 8.91. The van der Waals surface area contributed by atoms with Crippen LogP contribution in [0.2, 0.25) is 0 Å². The Hall–Kier alpha value is -2.74. The van der Waals surface area contributed by atoms with Crippen LogP contribution in [0.25, 0.3) is 0 Å². The third-order valence-electron chi connectivity index (χ3n) is 3.98. The number of nitrogens with one attached hydrogen (secondary N) is 1. The van der Waals surface area contributed by atoms with E-state index in [0.717, 1.165) is 5.70 Å². The van der Waals surface area contributed by atoms with Crippen molar-refractivity contribution in [3.05, 3.63) is 96.2 Å². The van der Waals surface area contributed by atoms with Crippen LogP contribution in [-0.4, -0.2) is 0 Å². The molecule has 0 spiro atoms. The zero-order valence-corrected chi connectivity index (χ0v) is 15.7. The highest BCUT2D eigenvalue weighted by molar-refractivity contribution is 5.80. The molecular formula is C23H28N2. The smallest absolute Gasteiger partial charge is 0.130 e. The highest BCUT2D eigenvalue weighted by atomic mass is 15.3. The van der Waals surface area contributed by atoms with E-state index >= 15 is 0 Å². The third kappa shape index (κ3) is 4.03. The number of nitrogens with zero attached hydrogens (tertiary/aromatic N) is 1. The first-order valence-corrected chi connectivity index (χ1v) is 8.91. The fourth-order valence-electron chi connectivity index (χ4n) is 2.99. The molecule has 1 atom stereocenters. The van der Waals surface area contributed by atoms with Crippen molar-refractivity contribution >= 4 is 11.4 Å². The molecule has 1 aliphatic rings. The molecule has 0 aliphatic carbocycles. The summed E-state index contributed by atoms with van der Waals surface area (Å²) in [6.07, 6.45) is 8.14. The molecule has 1 heterocycles. The van der Waals surface area contributed by atoms with Gasteiger partial charge in [-0.05, 0) is 49.3 Å². The molecule has 0 saturated carbocycles. The number of hydrogen-bond donors (Lipinski definition) is 1. The summed E-state index contributed by atoms with van der Waals surface area (Å²) >= 11 is 0. The fraction of sp³-hybridized carbons (Fsp3) is 0.217. The lowest BCUT2D eigenvalue weighted by atomic mass is 10.1. The minimum absolute atomic E-state index is 0.0791. The quantitative estimate of drug-likeness (QED) is 0.635. The van der Waals surface area contributed by atoms with Gasteiger partial charge < -0.3 is 10.2 Å². The van der Waals surface area contributed by atoms with E-state index in [4.69, 9.17) is 0 Å². The number of fused-ring (bicyclic) bond motifs is 1. The number of allylic oxidation sites excluding steroid dienone is 4. The lowest BCUT2D eigenvalue weighted by molar-refractivity contribution is 0.801. The van der Waals surface area contributed by atoms with Crippen LogP contribution in [0.4, 0.5) is 11.4 Å². The molecule has 0 amide bonds. The number of aryl methyl sites for hydroxylation is 1. The van der Waals surface area contributed by atoms with Crippen molar-refractivity contribution in [3.8, 4) is 0 Å². The van der Waals surface area contributed by atoms with Crippen molar-refractivity contribution in [2.24, 2.45) is 0 Å². The first kappa shape index (κ1) is 18.6.